The molecule has 1 aromatic rings. The highest BCUT2D eigenvalue weighted by Crippen LogP contribution is 2.13. The first-order valence-corrected chi connectivity index (χ1v) is 7.41. The number of ether oxygens (including phenoxy) is 2. The normalized spacial score (nSPS) is 10.5. The molecule has 0 atom stereocenters. The van der Waals surface area contributed by atoms with Crippen LogP contribution in [0.15, 0.2) is 30.3 Å². The molecule has 0 heterocycles. The molecule has 0 aliphatic rings. The summed E-state index contributed by atoms with van der Waals surface area (Å²) in [4.78, 5) is 23.0. The molecular formula is C17H23NO4. The number of hydrogen-bond acceptors (Lipinski definition) is 4. The van der Waals surface area contributed by atoms with Gasteiger partial charge in [0.2, 0.25) is 0 Å². The van der Waals surface area contributed by atoms with E-state index in [1.165, 1.54) is 6.08 Å². The number of carbonyl (C=O) groups is 2. The predicted molar refractivity (Wildman–Crippen MR) is 85.5 cm³/mol. The van der Waals surface area contributed by atoms with E-state index in [1.807, 2.05) is 18.2 Å². The van der Waals surface area contributed by atoms with Gasteiger partial charge in [0.1, 0.15) is 5.75 Å². The highest BCUT2D eigenvalue weighted by molar-refractivity contribution is 5.89. The van der Waals surface area contributed by atoms with Gasteiger partial charge in [-0.1, -0.05) is 31.9 Å². The number of rotatable bonds is 9. The smallest absolute Gasteiger partial charge is 0.331 e. The van der Waals surface area contributed by atoms with E-state index in [0.29, 0.717) is 12.3 Å². The van der Waals surface area contributed by atoms with Gasteiger partial charge in [-0.3, -0.25) is 4.79 Å². The average molecular weight is 305 g/mol. The third kappa shape index (κ3) is 7.47. The van der Waals surface area contributed by atoms with E-state index in [0.717, 1.165) is 24.8 Å². The Morgan fingerprint density at radius 2 is 2.09 bits per heavy atom. The quantitative estimate of drug-likeness (QED) is 0.432. The van der Waals surface area contributed by atoms with Crippen molar-refractivity contribution in [3.05, 3.63) is 35.9 Å². The summed E-state index contributed by atoms with van der Waals surface area (Å²) in [5, 5.41) is 2.70. The number of methoxy groups -OCH3 is 1. The van der Waals surface area contributed by atoms with E-state index in [9.17, 15) is 9.59 Å². The third-order valence-electron chi connectivity index (χ3n) is 2.95. The molecule has 0 unspecified atom stereocenters. The van der Waals surface area contributed by atoms with Crippen LogP contribution in [0.5, 0.6) is 5.75 Å². The molecule has 22 heavy (non-hydrogen) atoms. The fourth-order valence-electron chi connectivity index (χ4n) is 1.75. The van der Waals surface area contributed by atoms with Crippen LogP contribution in [0.1, 0.15) is 31.7 Å². The molecule has 0 aromatic heterocycles. The Morgan fingerprint density at radius 1 is 1.27 bits per heavy atom. The molecule has 0 aliphatic heterocycles. The van der Waals surface area contributed by atoms with Crippen molar-refractivity contribution in [2.45, 2.75) is 26.2 Å². The lowest BCUT2D eigenvalue weighted by Crippen LogP contribution is -2.29. The topological polar surface area (TPSA) is 64.6 Å². The predicted octanol–water partition coefficient (Wildman–Crippen LogP) is 2.56. The number of benzene rings is 1. The van der Waals surface area contributed by atoms with Gasteiger partial charge in [-0.25, -0.2) is 4.79 Å². The number of esters is 1. The number of carbonyl (C=O) groups excluding carboxylic acids is 2. The first-order chi connectivity index (χ1) is 10.7. The third-order valence-corrected chi connectivity index (χ3v) is 2.95. The van der Waals surface area contributed by atoms with E-state index in [-0.39, 0.29) is 12.5 Å². The summed E-state index contributed by atoms with van der Waals surface area (Å²) in [6.45, 7) is 2.45. The highest BCUT2D eigenvalue weighted by Gasteiger charge is 2.04. The van der Waals surface area contributed by atoms with Gasteiger partial charge in [0.05, 0.1) is 7.11 Å². The van der Waals surface area contributed by atoms with Crippen molar-refractivity contribution in [3.8, 4) is 5.75 Å². The Morgan fingerprint density at radius 3 is 2.82 bits per heavy atom. The second kappa shape index (κ2) is 10.4. The van der Waals surface area contributed by atoms with Gasteiger partial charge in [0.25, 0.3) is 5.91 Å². The van der Waals surface area contributed by atoms with Crippen molar-refractivity contribution >= 4 is 18.0 Å². The lowest BCUT2D eigenvalue weighted by molar-refractivity contribution is -0.143. The molecule has 5 heteroatoms. The first-order valence-electron chi connectivity index (χ1n) is 7.41. The van der Waals surface area contributed by atoms with E-state index in [4.69, 9.17) is 9.47 Å². The molecule has 0 saturated carbocycles. The molecular weight excluding hydrogens is 282 g/mol. The van der Waals surface area contributed by atoms with Crippen LogP contribution in [0, 0.1) is 0 Å². The Balaban J connectivity index is 2.30. The van der Waals surface area contributed by atoms with E-state index < -0.39 is 5.97 Å². The fourth-order valence-corrected chi connectivity index (χ4v) is 1.75. The van der Waals surface area contributed by atoms with Crippen LogP contribution in [-0.2, 0) is 14.3 Å². The monoisotopic (exact) mass is 305 g/mol. The molecule has 0 radical (unpaired) electrons. The van der Waals surface area contributed by atoms with Crippen molar-refractivity contribution in [2.24, 2.45) is 0 Å². The van der Waals surface area contributed by atoms with Gasteiger partial charge in [-0.05, 0) is 30.2 Å². The van der Waals surface area contributed by atoms with Crippen LogP contribution >= 0.6 is 0 Å². The van der Waals surface area contributed by atoms with Crippen molar-refractivity contribution in [2.75, 3.05) is 20.3 Å². The van der Waals surface area contributed by atoms with Crippen LogP contribution in [-0.4, -0.2) is 32.1 Å². The van der Waals surface area contributed by atoms with E-state index in [1.54, 1.807) is 19.3 Å². The fraction of sp³-hybridized carbons (Fsp3) is 0.412. The standard InChI is InChI=1S/C17H23NO4/c1-3-4-5-11-18-16(19)13-22-17(20)10-9-14-7-6-8-15(12-14)21-2/h6-10,12H,3-5,11,13H2,1-2H3,(H,18,19)/b10-9+. The Hall–Kier alpha value is -2.30. The molecule has 5 nitrogen and oxygen atoms in total. The molecule has 0 aliphatic carbocycles. The van der Waals surface area contributed by atoms with Crippen molar-refractivity contribution in [3.63, 3.8) is 0 Å². The number of unbranched alkanes of at least 4 members (excludes halogenated alkanes) is 2. The van der Waals surface area contributed by atoms with Gasteiger partial charge >= 0.3 is 5.97 Å². The second-order valence-corrected chi connectivity index (χ2v) is 4.77. The summed E-state index contributed by atoms with van der Waals surface area (Å²) in [6.07, 6.45) is 6.01. The lowest BCUT2D eigenvalue weighted by Gasteiger charge is -2.04. The van der Waals surface area contributed by atoms with E-state index in [2.05, 4.69) is 12.2 Å². The summed E-state index contributed by atoms with van der Waals surface area (Å²) in [5.74, 6) is -0.118. The van der Waals surface area contributed by atoms with Crippen molar-refractivity contribution in [1.29, 1.82) is 0 Å². The van der Waals surface area contributed by atoms with Gasteiger partial charge in [0.15, 0.2) is 6.61 Å². The molecule has 1 aromatic carbocycles. The van der Waals surface area contributed by atoms with Gasteiger partial charge in [0, 0.05) is 12.6 Å². The summed E-state index contributed by atoms with van der Waals surface area (Å²) in [6, 6.07) is 7.28. The lowest BCUT2D eigenvalue weighted by atomic mass is 10.2. The number of hydrogen-bond donors (Lipinski definition) is 1. The van der Waals surface area contributed by atoms with Gasteiger partial charge in [-0.15, -0.1) is 0 Å². The summed E-state index contributed by atoms with van der Waals surface area (Å²) in [7, 11) is 1.58. The largest absolute Gasteiger partial charge is 0.497 e. The molecule has 1 amide bonds. The zero-order chi connectivity index (χ0) is 16.2. The second-order valence-electron chi connectivity index (χ2n) is 4.77. The zero-order valence-corrected chi connectivity index (χ0v) is 13.1. The van der Waals surface area contributed by atoms with Crippen LogP contribution in [0.2, 0.25) is 0 Å². The van der Waals surface area contributed by atoms with Gasteiger partial charge < -0.3 is 14.8 Å². The molecule has 1 N–H and O–H groups in total. The molecule has 0 bridgehead atoms. The van der Waals surface area contributed by atoms with Crippen LogP contribution in [0.25, 0.3) is 6.08 Å². The Kier molecular flexibility index (Phi) is 8.42. The van der Waals surface area contributed by atoms with Crippen molar-refractivity contribution in [1.82, 2.24) is 5.32 Å². The minimum atomic E-state index is -0.550. The van der Waals surface area contributed by atoms with Gasteiger partial charge in [-0.2, -0.15) is 0 Å². The molecule has 0 saturated heterocycles. The maximum absolute atomic E-state index is 11.5. The molecule has 120 valence electrons. The summed E-state index contributed by atoms with van der Waals surface area (Å²) < 4.78 is 9.96. The Bertz CT molecular complexity index is 511. The maximum atomic E-state index is 11.5. The van der Waals surface area contributed by atoms with Crippen LogP contribution in [0.3, 0.4) is 0 Å². The molecule has 0 fully saturated rings. The summed E-state index contributed by atoms with van der Waals surface area (Å²) >= 11 is 0. The molecule has 1 rings (SSSR count). The first kappa shape index (κ1) is 17.8. The highest BCUT2D eigenvalue weighted by atomic mass is 16.5. The Labute approximate surface area is 131 Å². The summed E-state index contributed by atoms with van der Waals surface area (Å²) in [5.41, 5.74) is 0.820. The maximum Gasteiger partial charge on any atom is 0.331 e. The van der Waals surface area contributed by atoms with E-state index >= 15 is 0 Å². The molecule has 0 spiro atoms. The van der Waals surface area contributed by atoms with Crippen LogP contribution < -0.4 is 10.1 Å². The minimum absolute atomic E-state index is 0.257. The number of amides is 1. The zero-order valence-electron chi connectivity index (χ0n) is 13.1. The SMILES string of the molecule is CCCCCNC(=O)COC(=O)/C=C/c1cccc(OC)c1. The minimum Gasteiger partial charge on any atom is -0.497 e. The van der Waals surface area contributed by atoms with Crippen molar-refractivity contribution < 1.29 is 19.1 Å². The number of nitrogens with one attached hydrogen (secondary N) is 1. The average Bonchev–Trinajstić information content (AvgIpc) is 2.55. The van der Waals surface area contributed by atoms with Crippen LogP contribution in [0.4, 0.5) is 0 Å².